The zero-order chi connectivity index (χ0) is 104. The Morgan fingerprint density at radius 1 is 0.336 bits per heavy atom. The molecule has 32 N–H and O–H groups in total. The lowest BCUT2D eigenvalue weighted by Crippen LogP contribution is -2.72. The van der Waals surface area contributed by atoms with Crippen molar-refractivity contribution in [3.05, 3.63) is 0 Å². The minimum absolute atomic E-state index is 0.293. The second kappa shape index (κ2) is 57.0. The molecule has 0 spiro atoms. The number of thioether (sulfide) groups is 2. The molecule has 4 aliphatic heterocycles. The number of ether oxygens (including phenoxy) is 9. The van der Waals surface area contributed by atoms with Crippen molar-refractivity contribution in [2.24, 2.45) is 11.5 Å². The molecule has 4 heterocycles. The van der Waals surface area contributed by atoms with E-state index in [0.717, 1.165) is 85.8 Å². The van der Waals surface area contributed by atoms with Crippen molar-refractivity contribution < 1.29 is 210 Å². The highest BCUT2D eigenvalue weighted by molar-refractivity contribution is 7.99. The first kappa shape index (κ1) is 119. The van der Waals surface area contributed by atoms with Gasteiger partial charge in [0.15, 0.2) is 25.2 Å². The molecule has 4 aliphatic rings. The number of carboxylic acids is 6. The monoisotopic (exact) mass is 2010 g/mol. The highest BCUT2D eigenvalue weighted by atomic mass is 32.2. The molecule has 0 aliphatic carbocycles. The van der Waals surface area contributed by atoms with Crippen molar-refractivity contribution in [2.45, 2.75) is 290 Å². The van der Waals surface area contributed by atoms with E-state index in [4.69, 9.17) is 64.3 Å². The van der Waals surface area contributed by atoms with Gasteiger partial charge in [0, 0.05) is 63.5 Å². The Labute approximate surface area is 787 Å². The third-order valence-electron chi connectivity index (χ3n) is 20.7. The second-order valence-electron chi connectivity index (χ2n) is 31.8. The summed E-state index contributed by atoms with van der Waals surface area (Å²) >= 11 is 1.55. The van der Waals surface area contributed by atoms with E-state index >= 15 is 0 Å². The standard InChI is InChI=1S/C76H122N16O43S2/c1-25(61(110)79-15-47(103)104)83-67(116)39(23-136-21-35(77)69(118)119)89-45(101)13-11-37(71(122)123)91-63(112)27(3)81-65(114)29(5)127-59-51(87-33(9)99)73(126)129-43(19-95)57(59)134-75-50(86-32(8)98)55(109)56(42(18-94)131-75)133-76-52(88-34(10)100)60(58(44(20-96)132-76)135-74-49(85-31(7)97)54(108)53(107)41(17-93)130-74)128-30(6)66(115)82-28(4)64(113)92-38(72(124)125)12-14-46(102)90-40(24-137-22-36(78)70(120)121)68(117)84-26(2)62(111)80-16-48(105)106/h25-30,35-44,49-60,73-76,93-96,107-109,126H,11-24,77-78H2,1-10H3,(H,79,110)(H,80,111)(H,81,114)(H,82,115)(H,83,116)(H,84,117)(H,85,97)(H,86,98)(H,87,99)(H,88,100)(H,89,101)(H,90,102)(H,91,112)(H,92,113)(H,103,104)(H,105,106)(H,118,119)(H,120,121)(H,122,123)(H,124,125). The number of amides is 14. The fourth-order valence-corrected chi connectivity index (χ4v) is 15.6. The third-order valence-corrected chi connectivity index (χ3v) is 23.0. The first-order valence-corrected chi connectivity index (χ1v) is 44.5. The molecule has 4 saturated heterocycles. The topological polar surface area (TPSA) is 928 Å². The summed E-state index contributed by atoms with van der Waals surface area (Å²) in [7, 11) is 0. The molecule has 4 rings (SSSR count). The van der Waals surface area contributed by atoms with Crippen LogP contribution < -0.4 is 85.9 Å². The summed E-state index contributed by atoms with van der Waals surface area (Å²) in [5.74, 6) is -25.4. The Morgan fingerprint density at radius 3 is 1.01 bits per heavy atom. The maximum absolute atomic E-state index is 14.5. The summed E-state index contributed by atoms with van der Waals surface area (Å²) in [5, 5.41) is 179. The number of nitrogens with one attached hydrogen (secondary N) is 14. The molecule has 0 bridgehead atoms. The van der Waals surface area contributed by atoms with Crippen molar-refractivity contribution in [3.8, 4) is 0 Å². The SMILES string of the molecule is CC(=O)NC1C(OC2C(CO)OC(OC3C(CO)OC(OC4C(CO)OC(O)C(NC(C)=O)C4OC(C)C(=O)NC(C)C(=O)NC(CCC(=O)NC(CSCC(N)C(=O)O)C(=O)NC(C)C(=O)NCC(=O)O)C(=O)O)C(NC(C)=O)C3O)C(NC(C)=O)C2OC(C)C(=O)NC(C)C(=O)NC(CCC(=O)NC(CSCC(N)C(=O)O)C(=O)NC(C)C(=O)NCC(=O)O)C(=O)O)OC(CO)C(O)C1O. The van der Waals surface area contributed by atoms with Gasteiger partial charge in [0.05, 0.1) is 26.4 Å². The average molecular weight is 2010 g/mol. The number of nitrogens with two attached hydrogens (primary N) is 2. The Balaban J connectivity index is 1.69. The van der Waals surface area contributed by atoms with Crippen LogP contribution in [0.15, 0.2) is 0 Å². The van der Waals surface area contributed by atoms with Crippen LogP contribution in [-0.2, 0) is 139 Å². The maximum Gasteiger partial charge on any atom is 0.326 e. The fraction of sp³-hybridized carbons (Fsp3) is 0.737. The maximum atomic E-state index is 14.5. The minimum atomic E-state index is -2.32. The molecular weight excluding hydrogens is 1890 g/mol. The van der Waals surface area contributed by atoms with Crippen LogP contribution in [0.5, 0.6) is 0 Å². The lowest BCUT2D eigenvalue weighted by molar-refractivity contribution is -0.365. The van der Waals surface area contributed by atoms with E-state index < -0.39 is 379 Å². The quantitative estimate of drug-likeness (QED) is 0.0269. The summed E-state index contributed by atoms with van der Waals surface area (Å²) in [6, 6.07) is -23.9. The highest BCUT2D eigenvalue weighted by Crippen LogP contribution is 2.37. The molecular formula is C76H122N16O43S2. The molecule has 32 unspecified atom stereocenters. The van der Waals surface area contributed by atoms with Crippen LogP contribution in [0.3, 0.4) is 0 Å². The molecule has 0 aromatic heterocycles. The van der Waals surface area contributed by atoms with Gasteiger partial charge in [-0.3, -0.25) is 86.3 Å². The summed E-state index contributed by atoms with van der Waals surface area (Å²) in [5.41, 5.74) is 11.1. The van der Waals surface area contributed by atoms with E-state index in [1.54, 1.807) is 0 Å². The highest BCUT2D eigenvalue weighted by Gasteiger charge is 2.58. The lowest BCUT2D eigenvalue weighted by Gasteiger charge is -2.52. The zero-order valence-electron chi connectivity index (χ0n) is 75.4. The van der Waals surface area contributed by atoms with E-state index in [-0.39, 0.29) is 23.0 Å². The van der Waals surface area contributed by atoms with Gasteiger partial charge in [0.25, 0.3) is 0 Å². The first-order valence-electron chi connectivity index (χ1n) is 42.2. The summed E-state index contributed by atoms with van der Waals surface area (Å²) in [6.07, 6.45) is -39.5. The Hall–Kier alpha value is -10.7. The van der Waals surface area contributed by atoms with E-state index in [1.165, 1.54) is 6.92 Å². The van der Waals surface area contributed by atoms with Gasteiger partial charge >= 0.3 is 35.8 Å². The summed E-state index contributed by atoms with van der Waals surface area (Å²) in [4.78, 5) is 257. The van der Waals surface area contributed by atoms with Gasteiger partial charge in [-0.15, -0.1) is 0 Å². The van der Waals surface area contributed by atoms with Crippen LogP contribution in [0.4, 0.5) is 0 Å². The van der Waals surface area contributed by atoms with Gasteiger partial charge in [-0.1, -0.05) is 0 Å². The number of aliphatic hydroxyl groups is 8. The Kier molecular flexibility index (Phi) is 49.4. The number of hydrogen-bond acceptors (Lipinski definition) is 41. The van der Waals surface area contributed by atoms with Gasteiger partial charge < -0.3 is 200 Å². The van der Waals surface area contributed by atoms with Crippen LogP contribution in [-0.4, -0.2) is 448 Å². The van der Waals surface area contributed by atoms with Crippen molar-refractivity contribution in [1.82, 2.24) is 74.4 Å². The summed E-state index contributed by atoms with van der Waals surface area (Å²) < 4.78 is 55.6. The normalized spacial score (nSPS) is 27.3. The molecule has 0 radical (unpaired) electrons. The van der Waals surface area contributed by atoms with Crippen LogP contribution in [0.1, 0.15) is 94.9 Å². The Morgan fingerprint density at radius 2 is 0.650 bits per heavy atom. The van der Waals surface area contributed by atoms with Crippen molar-refractivity contribution in [3.63, 3.8) is 0 Å². The van der Waals surface area contributed by atoms with Crippen LogP contribution in [0.2, 0.25) is 0 Å². The number of aliphatic hydroxyl groups excluding tert-OH is 8. The van der Waals surface area contributed by atoms with Crippen molar-refractivity contribution in [1.29, 1.82) is 0 Å². The number of carbonyl (C=O) groups excluding carboxylic acids is 14. The molecule has 59 nitrogen and oxygen atoms in total. The van der Waals surface area contributed by atoms with E-state index in [9.17, 15) is 157 Å². The molecule has 776 valence electrons. The first-order chi connectivity index (χ1) is 64.1. The van der Waals surface area contributed by atoms with E-state index in [2.05, 4.69) is 63.8 Å². The fourth-order valence-electron chi connectivity index (χ4n) is 13.6. The molecule has 61 heteroatoms. The number of carboxylic acid groups (broad SMARTS) is 6. The van der Waals surface area contributed by atoms with Gasteiger partial charge in [-0.2, -0.15) is 23.5 Å². The smallest absolute Gasteiger partial charge is 0.326 e. The molecule has 0 saturated carbocycles. The lowest BCUT2D eigenvalue weighted by atomic mass is 9.92. The predicted octanol–water partition coefficient (Wildman–Crippen LogP) is -16.0. The largest absolute Gasteiger partial charge is 0.480 e. The van der Waals surface area contributed by atoms with Gasteiger partial charge in [0.1, 0.15) is 183 Å². The van der Waals surface area contributed by atoms with E-state index in [0.29, 0.717) is 0 Å². The van der Waals surface area contributed by atoms with Gasteiger partial charge in [0.2, 0.25) is 82.7 Å². The number of aliphatic carboxylic acids is 6. The molecule has 0 aromatic rings. The van der Waals surface area contributed by atoms with Crippen LogP contribution in [0.25, 0.3) is 0 Å². The third kappa shape index (κ3) is 37.6. The number of hydrogen-bond donors (Lipinski definition) is 30. The molecule has 32 atom stereocenters. The van der Waals surface area contributed by atoms with E-state index in [1.807, 2.05) is 10.6 Å². The number of rotatable bonds is 56. The van der Waals surface area contributed by atoms with Crippen molar-refractivity contribution >= 4 is 142 Å². The molecule has 14 amide bonds. The average Bonchev–Trinajstić information content (AvgIpc) is 0.758. The van der Waals surface area contributed by atoms with Gasteiger partial charge in [-0.25, -0.2) is 9.59 Å². The van der Waals surface area contributed by atoms with Crippen LogP contribution in [0, 0.1) is 0 Å². The second-order valence-corrected chi connectivity index (χ2v) is 34.0. The molecule has 0 aromatic carbocycles. The minimum Gasteiger partial charge on any atom is -0.480 e. The number of carbonyl (C=O) groups is 20. The van der Waals surface area contributed by atoms with Crippen molar-refractivity contribution in [2.75, 3.05) is 62.5 Å². The van der Waals surface area contributed by atoms with Gasteiger partial charge in [-0.05, 0) is 54.4 Å². The Bertz CT molecular complexity index is 4200. The predicted molar refractivity (Wildman–Crippen MR) is 456 cm³/mol. The summed E-state index contributed by atoms with van der Waals surface area (Å²) in [6.45, 7) is 3.91. The molecule has 137 heavy (non-hydrogen) atoms. The zero-order valence-corrected chi connectivity index (χ0v) is 77.1. The molecule has 4 fully saturated rings. The van der Waals surface area contributed by atoms with Crippen LogP contribution >= 0.6 is 23.5 Å².